The third-order valence-electron chi connectivity index (χ3n) is 4.27. The second-order valence-corrected chi connectivity index (χ2v) is 5.86. The van der Waals surface area contributed by atoms with Crippen LogP contribution in [0.3, 0.4) is 0 Å². The molecule has 2 N–H and O–H groups in total. The molecule has 1 unspecified atom stereocenters. The molecule has 1 aliphatic heterocycles. The Morgan fingerprint density at radius 1 is 1.09 bits per heavy atom. The molecule has 116 valence electrons. The lowest BCUT2D eigenvalue weighted by Gasteiger charge is -2.29. The number of hydrogen-bond donors (Lipinski definition) is 1. The largest absolute Gasteiger partial charge is 0.497 e. The quantitative estimate of drug-likeness (QED) is 0.922. The SMILES string of the molecule is COc1ccc(CC(C)(CN)c2ccc3c(c2)OCO3)cc1. The minimum Gasteiger partial charge on any atom is -0.497 e. The van der Waals surface area contributed by atoms with Gasteiger partial charge in [0.25, 0.3) is 0 Å². The van der Waals surface area contributed by atoms with Crippen molar-refractivity contribution in [2.75, 3.05) is 20.4 Å². The Morgan fingerprint density at radius 3 is 2.50 bits per heavy atom. The summed E-state index contributed by atoms with van der Waals surface area (Å²) < 4.78 is 16.1. The predicted octanol–water partition coefficient (Wildman–Crippen LogP) is 2.88. The van der Waals surface area contributed by atoms with Crippen LogP contribution in [0.2, 0.25) is 0 Å². The molecule has 1 heterocycles. The molecule has 0 aromatic heterocycles. The van der Waals surface area contributed by atoms with Crippen LogP contribution in [0.4, 0.5) is 0 Å². The summed E-state index contributed by atoms with van der Waals surface area (Å²) in [4.78, 5) is 0. The van der Waals surface area contributed by atoms with Crippen LogP contribution in [0.5, 0.6) is 17.2 Å². The van der Waals surface area contributed by atoms with Crippen molar-refractivity contribution in [3.05, 3.63) is 53.6 Å². The fourth-order valence-corrected chi connectivity index (χ4v) is 2.76. The topological polar surface area (TPSA) is 53.7 Å². The molecule has 22 heavy (non-hydrogen) atoms. The lowest BCUT2D eigenvalue weighted by atomic mass is 9.77. The van der Waals surface area contributed by atoms with E-state index in [4.69, 9.17) is 19.9 Å². The summed E-state index contributed by atoms with van der Waals surface area (Å²) in [6, 6.07) is 14.2. The van der Waals surface area contributed by atoms with Gasteiger partial charge in [-0.1, -0.05) is 25.1 Å². The average Bonchev–Trinajstić information content (AvgIpc) is 3.03. The smallest absolute Gasteiger partial charge is 0.231 e. The molecule has 0 radical (unpaired) electrons. The second-order valence-electron chi connectivity index (χ2n) is 5.86. The van der Waals surface area contributed by atoms with Crippen molar-refractivity contribution >= 4 is 0 Å². The van der Waals surface area contributed by atoms with Crippen molar-refractivity contribution in [3.8, 4) is 17.2 Å². The number of fused-ring (bicyclic) bond motifs is 1. The van der Waals surface area contributed by atoms with E-state index >= 15 is 0 Å². The second kappa shape index (κ2) is 5.89. The molecule has 4 nitrogen and oxygen atoms in total. The van der Waals surface area contributed by atoms with Gasteiger partial charge in [-0.25, -0.2) is 0 Å². The summed E-state index contributed by atoms with van der Waals surface area (Å²) in [6.07, 6.45) is 0.854. The Kier molecular flexibility index (Phi) is 3.94. The standard InChI is InChI=1S/C18H21NO3/c1-18(11-19,10-13-3-6-15(20-2)7-4-13)14-5-8-16-17(9-14)22-12-21-16/h3-9H,10-12,19H2,1-2H3. The molecule has 2 aromatic rings. The number of methoxy groups -OCH3 is 1. The molecule has 1 aliphatic rings. The first-order valence-electron chi connectivity index (χ1n) is 7.38. The van der Waals surface area contributed by atoms with Gasteiger partial charge in [0.2, 0.25) is 6.79 Å². The van der Waals surface area contributed by atoms with Gasteiger partial charge in [0, 0.05) is 12.0 Å². The van der Waals surface area contributed by atoms with Crippen molar-refractivity contribution in [1.29, 1.82) is 0 Å². The lowest BCUT2D eigenvalue weighted by molar-refractivity contribution is 0.174. The molecule has 3 rings (SSSR count). The molecule has 1 atom stereocenters. The molecule has 0 saturated heterocycles. The predicted molar refractivity (Wildman–Crippen MR) is 85.7 cm³/mol. The van der Waals surface area contributed by atoms with E-state index < -0.39 is 0 Å². The number of benzene rings is 2. The van der Waals surface area contributed by atoms with Crippen LogP contribution in [0.15, 0.2) is 42.5 Å². The highest BCUT2D eigenvalue weighted by molar-refractivity contribution is 5.47. The summed E-state index contributed by atoms with van der Waals surface area (Å²) in [5.41, 5.74) is 8.32. The van der Waals surface area contributed by atoms with Crippen LogP contribution in [0.1, 0.15) is 18.1 Å². The van der Waals surface area contributed by atoms with Gasteiger partial charge < -0.3 is 19.9 Å². The van der Waals surface area contributed by atoms with Crippen molar-refractivity contribution in [1.82, 2.24) is 0 Å². The van der Waals surface area contributed by atoms with Crippen LogP contribution in [0, 0.1) is 0 Å². The first-order valence-corrected chi connectivity index (χ1v) is 7.38. The lowest BCUT2D eigenvalue weighted by Crippen LogP contribution is -2.34. The van der Waals surface area contributed by atoms with Crippen molar-refractivity contribution in [2.45, 2.75) is 18.8 Å². The van der Waals surface area contributed by atoms with Crippen LogP contribution in [-0.2, 0) is 11.8 Å². The molecular weight excluding hydrogens is 278 g/mol. The number of nitrogens with two attached hydrogens (primary N) is 1. The monoisotopic (exact) mass is 299 g/mol. The fourth-order valence-electron chi connectivity index (χ4n) is 2.76. The Morgan fingerprint density at radius 2 is 1.82 bits per heavy atom. The van der Waals surface area contributed by atoms with Crippen LogP contribution in [-0.4, -0.2) is 20.4 Å². The fraction of sp³-hybridized carbons (Fsp3) is 0.333. The van der Waals surface area contributed by atoms with Crippen LogP contribution < -0.4 is 19.9 Å². The number of rotatable bonds is 5. The van der Waals surface area contributed by atoms with E-state index in [-0.39, 0.29) is 12.2 Å². The van der Waals surface area contributed by atoms with Gasteiger partial charge in [-0.2, -0.15) is 0 Å². The van der Waals surface area contributed by atoms with Gasteiger partial charge in [0.05, 0.1) is 7.11 Å². The van der Waals surface area contributed by atoms with Crippen molar-refractivity contribution in [2.24, 2.45) is 5.73 Å². The van der Waals surface area contributed by atoms with Gasteiger partial charge in [0.15, 0.2) is 11.5 Å². The summed E-state index contributed by atoms with van der Waals surface area (Å²) >= 11 is 0. The minimum absolute atomic E-state index is 0.157. The Bertz CT molecular complexity index is 654. The van der Waals surface area contributed by atoms with Crippen molar-refractivity contribution in [3.63, 3.8) is 0 Å². The zero-order chi connectivity index (χ0) is 15.6. The van der Waals surface area contributed by atoms with Gasteiger partial charge in [-0.3, -0.25) is 0 Å². The van der Waals surface area contributed by atoms with Crippen LogP contribution in [0.25, 0.3) is 0 Å². The number of hydrogen-bond acceptors (Lipinski definition) is 4. The number of ether oxygens (including phenoxy) is 3. The molecule has 0 bridgehead atoms. The van der Waals surface area contributed by atoms with E-state index in [1.807, 2.05) is 24.3 Å². The summed E-state index contributed by atoms with van der Waals surface area (Å²) in [5.74, 6) is 2.46. The maximum Gasteiger partial charge on any atom is 0.231 e. The van der Waals surface area contributed by atoms with E-state index in [9.17, 15) is 0 Å². The van der Waals surface area contributed by atoms with Gasteiger partial charge in [0.1, 0.15) is 5.75 Å². The van der Waals surface area contributed by atoms with E-state index in [0.29, 0.717) is 6.54 Å². The minimum atomic E-state index is -0.157. The normalized spacial score (nSPS) is 15.4. The highest BCUT2D eigenvalue weighted by Crippen LogP contribution is 2.37. The molecule has 0 amide bonds. The molecular formula is C18H21NO3. The molecule has 0 saturated carbocycles. The third-order valence-corrected chi connectivity index (χ3v) is 4.27. The molecule has 0 fully saturated rings. The summed E-state index contributed by atoms with van der Waals surface area (Å²) in [5, 5.41) is 0. The zero-order valence-electron chi connectivity index (χ0n) is 13.0. The van der Waals surface area contributed by atoms with E-state index in [1.54, 1.807) is 7.11 Å². The summed E-state index contributed by atoms with van der Waals surface area (Å²) in [6.45, 7) is 3.02. The Balaban J connectivity index is 1.86. The highest BCUT2D eigenvalue weighted by Gasteiger charge is 2.27. The maximum absolute atomic E-state index is 6.09. The Labute approximate surface area is 130 Å². The molecule has 0 spiro atoms. The highest BCUT2D eigenvalue weighted by atomic mass is 16.7. The third kappa shape index (κ3) is 2.74. The molecule has 2 aromatic carbocycles. The van der Waals surface area contributed by atoms with Gasteiger partial charge >= 0.3 is 0 Å². The van der Waals surface area contributed by atoms with Crippen LogP contribution >= 0.6 is 0 Å². The zero-order valence-corrected chi connectivity index (χ0v) is 13.0. The first-order chi connectivity index (χ1) is 10.6. The van der Waals surface area contributed by atoms with E-state index in [1.165, 1.54) is 5.56 Å². The van der Waals surface area contributed by atoms with E-state index in [0.717, 1.165) is 29.2 Å². The van der Waals surface area contributed by atoms with Gasteiger partial charge in [-0.05, 0) is 41.8 Å². The molecule has 0 aliphatic carbocycles. The Hall–Kier alpha value is -2.20. The maximum atomic E-state index is 6.09. The van der Waals surface area contributed by atoms with E-state index in [2.05, 4.69) is 25.1 Å². The molecule has 4 heteroatoms. The van der Waals surface area contributed by atoms with Crippen molar-refractivity contribution < 1.29 is 14.2 Å². The van der Waals surface area contributed by atoms with Gasteiger partial charge in [-0.15, -0.1) is 0 Å². The average molecular weight is 299 g/mol. The first kappa shape index (κ1) is 14.7. The summed E-state index contributed by atoms with van der Waals surface area (Å²) in [7, 11) is 1.67.